The van der Waals surface area contributed by atoms with Gasteiger partial charge in [0.25, 0.3) is 0 Å². The number of nitrogens with one attached hydrogen (secondary N) is 1. The molecule has 0 aliphatic carbocycles. The first-order valence-corrected chi connectivity index (χ1v) is 6.02. The maximum atomic E-state index is 13.1. The fraction of sp³-hybridized carbons (Fsp3) is 0.429. The third-order valence-corrected chi connectivity index (χ3v) is 3.22. The van der Waals surface area contributed by atoms with Gasteiger partial charge in [-0.1, -0.05) is 6.92 Å². The maximum Gasteiger partial charge on any atom is 0.134 e. The first-order chi connectivity index (χ1) is 8.11. The van der Waals surface area contributed by atoms with E-state index in [9.17, 15) is 4.39 Å². The summed E-state index contributed by atoms with van der Waals surface area (Å²) in [4.78, 5) is 0. The molecular weight excluding hydrogens is 217 g/mol. The van der Waals surface area contributed by atoms with Gasteiger partial charge < -0.3 is 9.73 Å². The lowest BCUT2D eigenvalue weighted by atomic mass is 10.1. The Balaban J connectivity index is 2.26. The number of halogens is 1. The third-order valence-electron chi connectivity index (χ3n) is 3.22. The van der Waals surface area contributed by atoms with Gasteiger partial charge in [-0.15, -0.1) is 0 Å². The van der Waals surface area contributed by atoms with Gasteiger partial charge >= 0.3 is 0 Å². The van der Waals surface area contributed by atoms with Crippen LogP contribution in [-0.4, -0.2) is 6.04 Å². The summed E-state index contributed by atoms with van der Waals surface area (Å²) in [5, 5.41) is 4.24. The van der Waals surface area contributed by atoms with Crippen molar-refractivity contribution in [3.63, 3.8) is 0 Å². The number of aryl methyl sites for hydroxylation is 1. The molecule has 2 rings (SSSR count). The van der Waals surface area contributed by atoms with Crippen molar-refractivity contribution in [2.75, 3.05) is 0 Å². The minimum absolute atomic E-state index is 0.220. The zero-order chi connectivity index (χ0) is 12.4. The zero-order valence-corrected chi connectivity index (χ0v) is 10.5. The highest BCUT2D eigenvalue weighted by atomic mass is 19.1. The van der Waals surface area contributed by atoms with Crippen molar-refractivity contribution in [2.24, 2.45) is 0 Å². The van der Waals surface area contributed by atoms with Crippen molar-refractivity contribution in [1.82, 2.24) is 5.32 Å². The van der Waals surface area contributed by atoms with E-state index in [1.807, 2.05) is 6.92 Å². The van der Waals surface area contributed by atoms with Crippen LogP contribution in [0.2, 0.25) is 0 Å². The quantitative estimate of drug-likeness (QED) is 0.872. The van der Waals surface area contributed by atoms with Gasteiger partial charge in [0.15, 0.2) is 0 Å². The first-order valence-electron chi connectivity index (χ1n) is 6.02. The number of hydrogen-bond acceptors (Lipinski definition) is 2. The van der Waals surface area contributed by atoms with Gasteiger partial charge in [0, 0.05) is 11.4 Å². The topological polar surface area (TPSA) is 25.2 Å². The molecule has 17 heavy (non-hydrogen) atoms. The van der Waals surface area contributed by atoms with E-state index in [0.717, 1.165) is 28.7 Å². The molecule has 0 radical (unpaired) electrons. The van der Waals surface area contributed by atoms with Crippen LogP contribution in [0.15, 0.2) is 22.6 Å². The fourth-order valence-electron chi connectivity index (χ4n) is 1.82. The summed E-state index contributed by atoms with van der Waals surface area (Å²) in [5.41, 5.74) is 1.78. The van der Waals surface area contributed by atoms with Crippen molar-refractivity contribution < 1.29 is 8.81 Å². The second-order valence-corrected chi connectivity index (χ2v) is 4.48. The average molecular weight is 235 g/mol. The van der Waals surface area contributed by atoms with Crippen LogP contribution < -0.4 is 5.32 Å². The Bertz CT molecular complexity index is 518. The summed E-state index contributed by atoms with van der Waals surface area (Å²) < 4.78 is 18.9. The second kappa shape index (κ2) is 4.88. The highest BCUT2D eigenvalue weighted by molar-refractivity contribution is 5.82. The molecule has 2 nitrogen and oxygen atoms in total. The van der Waals surface area contributed by atoms with E-state index in [4.69, 9.17) is 4.42 Å². The van der Waals surface area contributed by atoms with Crippen LogP contribution in [0, 0.1) is 12.7 Å². The Hall–Kier alpha value is -1.35. The Morgan fingerprint density at radius 3 is 2.88 bits per heavy atom. The normalized spacial score (nSPS) is 13.2. The smallest absolute Gasteiger partial charge is 0.134 e. The molecule has 1 N–H and O–H groups in total. The predicted octanol–water partition coefficient (Wildman–Crippen LogP) is 3.77. The highest BCUT2D eigenvalue weighted by Gasteiger charge is 2.11. The summed E-state index contributed by atoms with van der Waals surface area (Å²) in [6, 6.07) is 5.10. The standard InChI is InChI=1S/C14H18FNO/c1-4-9(2)16-8-14-10(3)12-7-11(15)5-6-13(12)17-14/h5-7,9,16H,4,8H2,1-3H3. The lowest BCUT2D eigenvalue weighted by Gasteiger charge is -2.09. The van der Waals surface area contributed by atoms with Crippen LogP contribution in [-0.2, 0) is 6.54 Å². The van der Waals surface area contributed by atoms with Crippen LogP contribution in [0.3, 0.4) is 0 Å². The third kappa shape index (κ3) is 2.50. The van der Waals surface area contributed by atoms with Gasteiger partial charge in [0.1, 0.15) is 17.2 Å². The second-order valence-electron chi connectivity index (χ2n) is 4.48. The molecule has 0 saturated heterocycles. The predicted molar refractivity (Wildman–Crippen MR) is 67.5 cm³/mol. The number of fused-ring (bicyclic) bond motifs is 1. The molecule has 0 fully saturated rings. The molecule has 1 unspecified atom stereocenters. The average Bonchev–Trinajstić information content (AvgIpc) is 2.63. The van der Waals surface area contributed by atoms with Crippen LogP contribution in [0.4, 0.5) is 4.39 Å². The minimum Gasteiger partial charge on any atom is -0.459 e. The van der Waals surface area contributed by atoms with Gasteiger partial charge in [-0.05, 0) is 44.0 Å². The fourth-order valence-corrected chi connectivity index (χ4v) is 1.82. The Morgan fingerprint density at radius 2 is 2.18 bits per heavy atom. The molecule has 92 valence electrons. The zero-order valence-electron chi connectivity index (χ0n) is 10.5. The van der Waals surface area contributed by atoms with E-state index in [1.165, 1.54) is 12.1 Å². The monoisotopic (exact) mass is 235 g/mol. The molecule has 0 spiro atoms. The first kappa shape index (κ1) is 12.1. The van der Waals surface area contributed by atoms with Crippen molar-refractivity contribution in [2.45, 2.75) is 39.8 Å². The van der Waals surface area contributed by atoms with Gasteiger partial charge in [-0.3, -0.25) is 0 Å². The van der Waals surface area contributed by atoms with Crippen LogP contribution in [0.5, 0.6) is 0 Å². The SMILES string of the molecule is CCC(C)NCc1oc2ccc(F)cc2c1C. The molecular formula is C14H18FNO. The lowest BCUT2D eigenvalue weighted by Crippen LogP contribution is -2.24. The summed E-state index contributed by atoms with van der Waals surface area (Å²) in [6.07, 6.45) is 1.08. The summed E-state index contributed by atoms with van der Waals surface area (Å²) in [7, 11) is 0. The van der Waals surface area contributed by atoms with Crippen molar-refractivity contribution in [1.29, 1.82) is 0 Å². The van der Waals surface area contributed by atoms with Crippen molar-refractivity contribution in [3.05, 3.63) is 35.3 Å². The van der Waals surface area contributed by atoms with E-state index in [0.29, 0.717) is 12.6 Å². The molecule has 1 aromatic carbocycles. The molecule has 3 heteroatoms. The Kier molecular flexibility index (Phi) is 3.48. The van der Waals surface area contributed by atoms with Crippen LogP contribution in [0.1, 0.15) is 31.6 Å². The lowest BCUT2D eigenvalue weighted by molar-refractivity contribution is 0.465. The van der Waals surface area contributed by atoms with Crippen molar-refractivity contribution in [3.8, 4) is 0 Å². The minimum atomic E-state index is -0.220. The van der Waals surface area contributed by atoms with Gasteiger partial charge in [0.05, 0.1) is 6.54 Å². The molecule has 0 amide bonds. The van der Waals surface area contributed by atoms with E-state index in [1.54, 1.807) is 6.07 Å². The molecule has 0 bridgehead atoms. The Labute approximate surface area is 101 Å². The van der Waals surface area contributed by atoms with Crippen LogP contribution >= 0.6 is 0 Å². The summed E-state index contributed by atoms with van der Waals surface area (Å²) >= 11 is 0. The summed E-state index contributed by atoms with van der Waals surface area (Å²) in [5.74, 6) is 0.675. The van der Waals surface area contributed by atoms with E-state index in [-0.39, 0.29) is 5.82 Å². The Morgan fingerprint density at radius 1 is 1.41 bits per heavy atom. The van der Waals surface area contributed by atoms with E-state index < -0.39 is 0 Å². The molecule has 2 aromatic rings. The molecule has 0 aliphatic rings. The molecule has 1 atom stereocenters. The van der Waals surface area contributed by atoms with Crippen LogP contribution in [0.25, 0.3) is 11.0 Å². The summed E-state index contributed by atoms with van der Waals surface area (Å²) in [6.45, 7) is 6.94. The van der Waals surface area contributed by atoms with Gasteiger partial charge in [-0.25, -0.2) is 4.39 Å². The van der Waals surface area contributed by atoms with E-state index in [2.05, 4.69) is 19.2 Å². The maximum absolute atomic E-state index is 13.1. The van der Waals surface area contributed by atoms with E-state index >= 15 is 0 Å². The number of hydrogen-bond donors (Lipinski definition) is 1. The molecule has 1 aromatic heterocycles. The van der Waals surface area contributed by atoms with Crippen molar-refractivity contribution >= 4 is 11.0 Å². The van der Waals surface area contributed by atoms with Gasteiger partial charge in [0.2, 0.25) is 0 Å². The number of furan rings is 1. The molecule has 1 heterocycles. The van der Waals surface area contributed by atoms with Gasteiger partial charge in [-0.2, -0.15) is 0 Å². The largest absolute Gasteiger partial charge is 0.459 e. The number of rotatable bonds is 4. The molecule has 0 saturated carbocycles. The molecule has 0 aliphatic heterocycles. The highest BCUT2D eigenvalue weighted by Crippen LogP contribution is 2.25. The number of benzene rings is 1.